The Morgan fingerprint density at radius 2 is 1.45 bits per heavy atom. The van der Waals surface area contributed by atoms with Crippen LogP contribution in [-0.4, -0.2) is 24.9 Å². The third kappa shape index (κ3) is 1.34. The number of carbonyl (C=O) groups excluding carboxylic acids is 2. The van der Waals surface area contributed by atoms with Gasteiger partial charge in [-0.25, -0.2) is 0 Å². The van der Waals surface area contributed by atoms with Gasteiger partial charge in [0.15, 0.2) is 0 Å². The Balaban J connectivity index is 2.84. The molecule has 4 nitrogen and oxygen atoms in total. The Labute approximate surface area is 65.3 Å². The number of nitrogens with one attached hydrogen (secondary N) is 2. The molecular weight excluding hydrogens is 144 g/mol. The summed E-state index contributed by atoms with van der Waals surface area (Å²) in [5.41, 5.74) is -0.920. The van der Waals surface area contributed by atoms with E-state index in [9.17, 15) is 9.59 Å². The predicted octanol–water partition coefficient (Wildman–Crippen LogP) is -0.741. The summed E-state index contributed by atoms with van der Waals surface area (Å²) in [5.74, 6) is -0.403. The molecule has 1 heterocycles. The molecule has 1 aliphatic rings. The van der Waals surface area contributed by atoms with Gasteiger partial charge in [0, 0.05) is 13.1 Å². The monoisotopic (exact) mass is 156 g/mol. The number of carbonyl (C=O) groups is 2. The van der Waals surface area contributed by atoms with Crippen molar-refractivity contribution in [2.75, 3.05) is 13.1 Å². The van der Waals surface area contributed by atoms with Crippen molar-refractivity contribution in [1.82, 2.24) is 10.6 Å². The Morgan fingerprint density at radius 3 is 1.82 bits per heavy atom. The summed E-state index contributed by atoms with van der Waals surface area (Å²) in [6, 6.07) is 0. The van der Waals surface area contributed by atoms with E-state index in [4.69, 9.17) is 0 Å². The van der Waals surface area contributed by atoms with Gasteiger partial charge in [0.2, 0.25) is 11.8 Å². The summed E-state index contributed by atoms with van der Waals surface area (Å²) in [6.45, 7) is 4.27. The van der Waals surface area contributed by atoms with E-state index in [0.29, 0.717) is 13.1 Å². The molecule has 0 aromatic heterocycles. The Hall–Kier alpha value is -1.06. The van der Waals surface area contributed by atoms with Crippen LogP contribution in [0.3, 0.4) is 0 Å². The lowest BCUT2D eigenvalue weighted by Crippen LogP contribution is -2.42. The van der Waals surface area contributed by atoms with Gasteiger partial charge in [-0.1, -0.05) is 0 Å². The van der Waals surface area contributed by atoms with Crippen molar-refractivity contribution in [3.63, 3.8) is 0 Å². The van der Waals surface area contributed by atoms with E-state index in [-0.39, 0.29) is 11.8 Å². The third-order valence-corrected chi connectivity index (χ3v) is 1.83. The van der Waals surface area contributed by atoms with Gasteiger partial charge in [0.25, 0.3) is 0 Å². The van der Waals surface area contributed by atoms with Crippen LogP contribution in [0, 0.1) is 5.41 Å². The van der Waals surface area contributed by atoms with Crippen LogP contribution >= 0.6 is 0 Å². The molecule has 1 aliphatic heterocycles. The van der Waals surface area contributed by atoms with E-state index in [1.54, 1.807) is 13.8 Å². The summed E-state index contributed by atoms with van der Waals surface area (Å²) >= 11 is 0. The minimum Gasteiger partial charge on any atom is -0.353 e. The molecule has 0 aliphatic carbocycles. The van der Waals surface area contributed by atoms with Crippen LogP contribution in [0.1, 0.15) is 13.8 Å². The summed E-state index contributed by atoms with van der Waals surface area (Å²) in [7, 11) is 0. The fraction of sp³-hybridized carbons (Fsp3) is 0.714. The molecule has 0 spiro atoms. The summed E-state index contributed by atoms with van der Waals surface area (Å²) in [6.07, 6.45) is 0. The van der Waals surface area contributed by atoms with Gasteiger partial charge in [-0.05, 0) is 13.8 Å². The van der Waals surface area contributed by atoms with Crippen molar-refractivity contribution in [3.05, 3.63) is 0 Å². The first-order valence-corrected chi connectivity index (χ1v) is 3.62. The van der Waals surface area contributed by atoms with Crippen LogP contribution < -0.4 is 10.6 Å². The van der Waals surface area contributed by atoms with E-state index in [0.717, 1.165) is 0 Å². The quantitative estimate of drug-likeness (QED) is 0.454. The first kappa shape index (κ1) is 8.04. The van der Waals surface area contributed by atoms with Gasteiger partial charge in [0.05, 0.1) is 0 Å². The molecule has 0 radical (unpaired) electrons. The second-order valence-electron chi connectivity index (χ2n) is 3.14. The molecule has 0 atom stereocenters. The molecule has 0 unspecified atom stereocenters. The fourth-order valence-corrected chi connectivity index (χ4v) is 0.897. The van der Waals surface area contributed by atoms with E-state index < -0.39 is 5.41 Å². The molecule has 0 aromatic carbocycles. The van der Waals surface area contributed by atoms with Crippen molar-refractivity contribution in [2.24, 2.45) is 5.41 Å². The molecule has 1 fully saturated rings. The fourth-order valence-electron chi connectivity index (χ4n) is 0.897. The van der Waals surface area contributed by atoms with Gasteiger partial charge in [-0.3, -0.25) is 9.59 Å². The summed E-state index contributed by atoms with van der Waals surface area (Å²) in [5, 5.41) is 5.29. The van der Waals surface area contributed by atoms with Gasteiger partial charge in [0.1, 0.15) is 5.41 Å². The van der Waals surface area contributed by atoms with Crippen LogP contribution in [0.15, 0.2) is 0 Å². The first-order chi connectivity index (χ1) is 5.05. The Bertz CT molecular complexity index is 179. The second kappa shape index (κ2) is 2.53. The highest BCUT2D eigenvalue weighted by Gasteiger charge is 2.36. The highest BCUT2D eigenvalue weighted by atomic mass is 16.2. The number of hydrogen-bond donors (Lipinski definition) is 2. The van der Waals surface area contributed by atoms with Crippen molar-refractivity contribution < 1.29 is 9.59 Å². The minimum atomic E-state index is -0.920. The van der Waals surface area contributed by atoms with E-state index >= 15 is 0 Å². The lowest BCUT2D eigenvalue weighted by atomic mass is 9.92. The van der Waals surface area contributed by atoms with Gasteiger partial charge in [-0.15, -0.1) is 0 Å². The van der Waals surface area contributed by atoms with Gasteiger partial charge >= 0.3 is 0 Å². The normalized spacial score (nSPS) is 23.5. The molecular formula is C7H12N2O2. The molecule has 1 saturated heterocycles. The molecule has 0 saturated carbocycles. The zero-order valence-corrected chi connectivity index (χ0v) is 6.73. The molecule has 0 aromatic rings. The molecule has 4 heteroatoms. The minimum absolute atomic E-state index is 0.201. The topological polar surface area (TPSA) is 58.2 Å². The number of rotatable bonds is 0. The molecule has 0 bridgehead atoms. The van der Waals surface area contributed by atoms with Crippen LogP contribution in [0.5, 0.6) is 0 Å². The molecule has 62 valence electrons. The van der Waals surface area contributed by atoms with E-state index in [1.165, 1.54) is 0 Å². The van der Waals surface area contributed by atoms with Crippen LogP contribution in [-0.2, 0) is 9.59 Å². The average Bonchev–Trinajstić information content (AvgIpc) is 2.03. The average molecular weight is 156 g/mol. The highest BCUT2D eigenvalue weighted by Crippen LogP contribution is 2.15. The van der Waals surface area contributed by atoms with Gasteiger partial charge in [-0.2, -0.15) is 0 Å². The SMILES string of the molecule is CC1(C)C(=O)NCCNC1=O. The lowest BCUT2D eigenvalue weighted by molar-refractivity contribution is -0.139. The zero-order valence-electron chi connectivity index (χ0n) is 6.73. The van der Waals surface area contributed by atoms with Crippen LogP contribution in [0.2, 0.25) is 0 Å². The maximum atomic E-state index is 11.2. The van der Waals surface area contributed by atoms with Crippen molar-refractivity contribution in [2.45, 2.75) is 13.8 Å². The van der Waals surface area contributed by atoms with Crippen molar-refractivity contribution >= 4 is 11.8 Å². The summed E-state index contributed by atoms with van der Waals surface area (Å²) < 4.78 is 0. The molecule has 2 amide bonds. The van der Waals surface area contributed by atoms with E-state index in [1.807, 2.05) is 0 Å². The van der Waals surface area contributed by atoms with Crippen LogP contribution in [0.25, 0.3) is 0 Å². The van der Waals surface area contributed by atoms with Gasteiger partial charge < -0.3 is 10.6 Å². The van der Waals surface area contributed by atoms with Crippen LogP contribution in [0.4, 0.5) is 0 Å². The largest absolute Gasteiger partial charge is 0.353 e. The maximum absolute atomic E-state index is 11.2. The summed E-state index contributed by atoms with van der Waals surface area (Å²) in [4.78, 5) is 22.3. The van der Waals surface area contributed by atoms with E-state index in [2.05, 4.69) is 10.6 Å². The first-order valence-electron chi connectivity index (χ1n) is 3.62. The Morgan fingerprint density at radius 1 is 1.09 bits per heavy atom. The van der Waals surface area contributed by atoms with Crippen molar-refractivity contribution in [3.8, 4) is 0 Å². The number of amides is 2. The molecule has 2 N–H and O–H groups in total. The Kier molecular flexibility index (Phi) is 1.85. The molecule has 11 heavy (non-hydrogen) atoms. The maximum Gasteiger partial charge on any atom is 0.235 e. The highest BCUT2D eigenvalue weighted by molar-refractivity contribution is 6.04. The predicted molar refractivity (Wildman–Crippen MR) is 39.8 cm³/mol. The van der Waals surface area contributed by atoms with Crippen molar-refractivity contribution in [1.29, 1.82) is 0 Å². The number of hydrogen-bond acceptors (Lipinski definition) is 2. The molecule has 1 rings (SSSR count). The third-order valence-electron chi connectivity index (χ3n) is 1.83. The smallest absolute Gasteiger partial charge is 0.235 e. The second-order valence-corrected chi connectivity index (χ2v) is 3.14. The lowest BCUT2D eigenvalue weighted by Gasteiger charge is -2.17. The zero-order chi connectivity index (χ0) is 8.48. The standard InChI is InChI=1S/C7H12N2O2/c1-7(2)5(10)8-3-4-9-6(7)11/h3-4H2,1-2H3,(H,8,10)(H,9,11).